The summed E-state index contributed by atoms with van der Waals surface area (Å²) in [6.07, 6.45) is 1.41. The van der Waals surface area contributed by atoms with E-state index in [4.69, 9.17) is 0 Å². The molecule has 1 rings (SSSR count). The number of halogens is 2. The molecule has 23 heavy (non-hydrogen) atoms. The molecule has 0 aliphatic rings. The molecular weight excluding hydrogens is 363 g/mol. The monoisotopic (exact) mass is 386 g/mol. The van der Waals surface area contributed by atoms with Gasteiger partial charge in [-0.15, -0.1) is 0 Å². The topological polar surface area (TPSA) is 56.7 Å². The molecule has 128 valence electrons. The molecule has 1 amide bonds. The molecule has 0 radical (unpaired) electrons. The summed E-state index contributed by atoms with van der Waals surface area (Å²) in [5, 5.41) is 6.23. The van der Waals surface area contributed by atoms with Gasteiger partial charge in [0.25, 0.3) is 0 Å². The van der Waals surface area contributed by atoms with Crippen LogP contribution in [0.3, 0.4) is 0 Å². The SMILES string of the molecule is CCNC(=NCC(=O)N(C)C)NCCCc1ccc(Br)cc1F. The van der Waals surface area contributed by atoms with Crippen LogP contribution in [0.25, 0.3) is 0 Å². The molecule has 0 atom stereocenters. The number of aryl methyl sites for hydroxylation is 1. The molecule has 0 bridgehead atoms. The number of hydrogen-bond donors (Lipinski definition) is 2. The van der Waals surface area contributed by atoms with Gasteiger partial charge in [-0.25, -0.2) is 9.38 Å². The summed E-state index contributed by atoms with van der Waals surface area (Å²) in [5.41, 5.74) is 0.694. The molecule has 0 aliphatic heterocycles. The Balaban J connectivity index is 2.43. The van der Waals surface area contributed by atoms with Gasteiger partial charge in [-0.2, -0.15) is 0 Å². The Hall–Kier alpha value is -1.63. The van der Waals surface area contributed by atoms with Crippen molar-refractivity contribution >= 4 is 27.8 Å². The van der Waals surface area contributed by atoms with E-state index in [9.17, 15) is 9.18 Å². The first kappa shape index (κ1) is 19.4. The summed E-state index contributed by atoms with van der Waals surface area (Å²) in [6, 6.07) is 5.10. The number of benzene rings is 1. The number of carbonyl (C=O) groups excluding carboxylic acids is 1. The maximum atomic E-state index is 13.7. The maximum Gasteiger partial charge on any atom is 0.243 e. The van der Waals surface area contributed by atoms with E-state index in [1.165, 1.54) is 11.0 Å². The molecule has 0 spiro atoms. The molecule has 2 N–H and O–H groups in total. The lowest BCUT2D eigenvalue weighted by molar-refractivity contribution is -0.127. The zero-order chi connectivity index (χ0) is 17.2. The second kappa shape index (κ2) is 10.2. The van der Waals surface area contributed by atoms with Gasteiger partial charge in [0.15, 0.2) is 5.96 Å². The number of rotatable bonds is 7. The van der Waals surface area contributed by atoms with E-state index >= 15 is 0 Å². The van der Waals surface area contributed by atoms with Crippen LogP contribution in [0.1, 0.15) is 18.9 Å². The average molecular weight is 387 g/mol. The number of hydrogen-bond acceptors (Lipinski definition) is 2. The molecule has 7 heteroatoms. The van der Waals surface area contributed by atoms with E-state index in [0.717, 1.165) is 10.9 Å². The molecule has 0 aliphatic carbocycles. The summed E-state index contributed by atoms with van der Waals surface area (Å²) >= 11 is 3.25. The summed E-state index contributed by atoms with van der Waals surface area (Å²) in [7, 11) is 3.40. The van der Waals surface area contributed by atoms with Gasteiger partial charge >= 0.3 is 0 Å². The number of carbonyl (C=O) groups is 1. The minimum Gasteiger partial charge on any atom is -0.357 e. The van der Waals surface area contributed by atoms with Crippen LogP contribution in [0.5, 0.6) is 0 Å². The van der Waals surface area contributed by atoms with Crippen LogP contribution in [-0.2, 0) is 11.2 Å². The molecule has 1 aromatic rings. The van der Waals surface area contributed by atoms with E-state index in [1.807, 2.05) is 13.0 Å². The fourth-order valence-corrected chi connectivity index (χ4v) is 2.17. The molecule has 5 nitrogen and oxygen atoms in total. The molecule has 1 aromatic carbocycles. The molecule has 0 saturated carbocycles. The van der Waals surface area contributed by atoms with Crippen molar-refractivity contribution in [3.05, 3.63) is 34.1 Å². The van der Waals surface area contributed by atoms with Crippen LogP contribution in [0.2, 0.25) is 0 Å². The van der Waals surface area contributed by atoms with Crippen molar-refractivity contribution in [1.29, 1.82) is 0 Å². The summed E-state index contributed by atoms with van der Waals surface area (Å²) in [5.74, 6) is 0.342. The average Bonchev–Trinajstić information content (AvgIpc) is 2.50. The minimum atomic E-state index is -0.198. The van der Waals surface area contributed by atoms with Gasteiger partial charge in [-0.3, -0.25) is 4.79 Å². The van der Waals surface area contributed by atoms with Crippen molar-refractivity contribution in [2.24, 2.45) is 4.99 Å². The summed E-state index contributed by atoms with van der Waals surface area (Å²) in [6.45, 7) is 3.42. The number of nitrogens with zero attached hydrogens (tertiary/aromatic N) is 2. The lowest BCUT2D eigenvalue weighted by atomic mass is 10.1. The Bertz CT molecular complexity index is 549. The van der Waals surface area contributed by atoms with Crippen molar-refractivity contribution < 1.29 is 9.18 Å². The van der Waals surface area contributed by atoms with Gasteiger partial charge in [-0.05, 0) is 37.5 Å². The van der Waals surface area contributed by atoms with Gasteiger partial charge in [0.05, 0.1) is 0 Å². The summed E-state index contributed by atoms with van der Waals surface area (Å²) in [4.78, 5) is 17.3. The molecule has 0 fully saturated rings. The van der Waals surface area contributed by atoms with Crippen molar-refractivity contribution in [2.75, 3.05) is 33.7 Å². The second-order valence-corrected chi connectivity index (χ2v) is 6.17. The van der Waals surface area contributed by atoms with Gasteiger partial charge < -0.3 is 15.5 Å². The molecule has 0 aromatic heterocycles. The van der Waals surface area contributed by atoms with E-state index < -0.39 is 0 Å². The van der Waals surface area contributed by atoms with Crippen molar-refractivity contribution in [1.82, 2.24) is 15.5 Å². The first-order chi connectivity index (χ1) is 10.9. The van der Waals surface area contributed by atoms with E-state index in [2.05, 4.69) is 31.6 Å². The molecule has 0 saturated heterocycles. The number of nitrogens with one attached hydrogen (secondary N) is 2. The third kappa shape index (κ3) is 7.45. The van der Waals surface area contributed by atoms with Crippen LogP contribution < -0.4 is 10.6 Å². The lowest BCUT2D eigenvalue weighted by Gasteiger charge is -2.12. The number of amides is 1. The lowest BCUT2D eigenvalue weighted by Crippen LogP contribution is -2.39. The Morgan fingerprint density at radius 2 is 2.09 bits per heavy atom. The van der Waals surface area contributed by atoms with Crippen molar-refractivity contribution in [2.45, 2.75) is 19.8 Å². The second-order valence-electron chi connectivity index (χ2n) is 5.25. The zero-order valence-corrected chi connectivity index (χ0v) is 15.4. The van der Waals surface area contributed by atoms with E-state index in [1.54, 1.807) is 20.2 Å². The Morgan fingerprint density at radius 3 is 2.70 bits per heavy atom. The Labute approximate surface area is 145 Å². The summed E-state index contributed by atoms with van der Waals surface area (Å²) < 4.78 is 14.5. The van der Waals surface area contributed by atoms with Crippen molar-refractivity contribution in [3.8, 4) is 0 Å². The Morgan fingerprint density at radius 1 is 1.35 bits per heavy atom. The normalized spacial score (nSPS) is 11.3. The number of guanidine groups is 1. The highest BCUT2D eigenvalue weighted by Crippen LogP contribution is 2.16. The largest absolute Gasteiger partial charge is 0.357 e. The van der Waals surface area contributed by atoms with E-state index in [-0.39, 0.29) is 18.3 Å². The smallest absolute Gasteiger partial charge is 0.243 e. The highest BCUT2D eigenvalue weighted by atomic mass is 79.9. The fraction of sp³-hybridized carbons (Fsp3) is 0.500. The quantitative estimate of drug-likeness (QED) is 0.428. The van der Waals surface area contributed by atoms with Gasteiger partial charge in [-0.1, -0.05) is 22.0 Å². The predicted molar refractivity (Wildman–Crippen MR) is 95.1 cm³/mol. The minimum absolute atomic E-state index is 0.0564. The standard InChI is InChI=1S/C16H24BrFN4O/c1-4-19-16(21-11-15(23)22(2)3)20-9-5-6-12-7-8-13(17)10-14(12)18/h7-8,10H,4-6,9,11H2,1-3H3,(H2,19,20,21). The van der Waals surface area contributed by atoms with E-state index in [0.29, 0.717) is 31.0 Å². The van der Waals surface area contributed by atoms with Crippen LogP contribution in [0, 0.1) is 5.82 Å². The van der Waals surface area contributed by atoms with Gasteiger partial charge in [0, 0.05) is 31.7 Å². The van der Waals surface area contributed by atoms with Crippen LogP contribution in [0.15, 0.2) is 27.7 Å². The van der Waals surface area contributed by atoms with Crippen molar-refractivity contribution in [3.63, 3.8) is 0 Å². The zero-order valence-electron chi connectivity index (χ0n) is 13.8. The third-order valence-electron chi connectivity index (χ3n) is 3.15. The van der Waals surface area contributed by atoms with Crippen LogP contribution in [0.4, 0.5) is 4.39 Å². The van der Waals surface area contributed by atoms with Crippen LogP contribution in [-0.4, -0.2) is 50.5 Å². The number of aliphatic imine (C=N–C) groups is 1. The third-order valence-corrected chi connectivity index (χ3v) is 3.64. The molecular formula is C16H24BrFN4O. The highest BCUT2D eigenvalue weighted by Gasteiger charge is 2.05. The predicted octanol–water partition coefficient (Wildman–Crippen LogP) is 2.16. The molecule has 0 unspecified atom stereocenters. The molecule has 0 heterocycles. The first-order valence-corrected chi connectivity index (χ1v) is 8.39. The van der Waals surface area contributed by atoms with Gasteiger partial charge in [0.2, 0.25) is 5.91 Å². The maximum absolute atomic E-state index is 13.7. The number of likely N-dealkylation sites (N-methyl/N-ethyl adjacent to an activating group) is 1. The highest BCUT2D eigenvalue weighted by molar-refractivity contribution is 9.10. The fourth-order valence-electron chi connectivity index (χ4n) is 1.84. The van der Waals surface area contributed by atoms with Crippen LogP contribution >= 0.6 is 15.9 Å². The van der Waals surface area contributed by atoms with Gasteiger partial charge in [0.1, 0.15) is 12.4 Å². The first-order valence-electron chi connectivity index (χ1n) is 7.60. The Kier molecular flexibility index (Phi) is 8.61.